The van der Waals surface area contributed by atoms with E-state index < -0.39 is 17.4 Å². The minimum atomic E-state index is -0.600. The number of carbonyl (C=O) groups excluding carboxylic acids is 2. The number of aromatic amines is 1. The Labute approximate surface area is 159 Å². The average Bonchev–Trinajstić information content (AvgIpc) is 3.23. The number of pyridine rings is 1. The minimum Gasteiger partial charge on any atom is -0.384 e. The molecule has 0 saturated heterocycles. The number of hydrogen-bond donors (Lipinski definition) is 3. The first-order valence-electron chi connectivity index (χ1n) is 9.44. The highest BCUT2D eigenvalue weighted by Gasteiger charge is 2.32. The van der Waals surface area contributed by atoms with Gasteiger partial charge in [0.05, 0.1) is 27.8 Å². The van der Waals surface area contributed by atoms with Crippen molar-refractivity contribution in [2.75, 3.05) is 5.73 Å². The lowest BCUT2D eigenvalue weighted by Crippen LogP contribution is -2.24. The highest BCUT2D eigenvalue weighted by atomic mass is 16.2. The number of imidazole rings is 1. The van der Waals surface area contributed by atoms with Gasteiger partial charge in [0.1, 0.15) is 11.6 Å². The number of H-pyrrole nitrogens is 1. The predicted molar refractivity (Wildman–Crippen MR) is 104 cm³/mol. The molecule has 2 aromatic heterocycles. The summed E-state index contributed by atoms with van der Waals surface area (Å²) in [4.78, 5) is 44.5. The summed E-state index contributed by atoms with van der Waals surface area (Å²) in [7, 11) is 0. The van der Waals surface area contributed by atoms with E-state index in [1.54, 1.807) is 12.1 Å². The van der Waals surface area contributed by atoms with Crippen LogP contribution in [0.4, 0.5) is 5.82 Å². The van der Waals surface area contributed by atoms with Crippen molar-refractivity contribution >= 4 is 28.7 Å². The van der Waals surface area contributed by atoms with Crippen LogP contribution in [0, 0.1) is 0 Å². The molecule has 4 N–H and O–H groups in total. The van der Waals surface area contributed by atoms with Gasteiger partial charge in [0.15, 0.2) is 0 Å². The molecule has 28 heavy (non-hydrogen) atoms. The number of nitrogen functional groups attached to an aromatic ring is 1. The molecule has 5 rings (SSSR count). The van der Waals surface area contributed by atoms with Gasteiger partial charge in [-0.15, -0.1) is 0 Å². The van der Waals surface area contributed by atoms with Crippen molar-refractivity contribution in [3.8, 4) is 5.69 Å². The lowest BCUT2D eigenvalue weighted by atomic mass is 9.89. The zero-order valence-corrected chi connectivity index (χ0v) is 15.1. The number of imide groups is 1. The molecule has 2 aliphatic rings. The van der Waals surface area contributed by atoms with Crippen LogP contribution in [-0.4, -0.2) is 26.3 Å². The fourth-order valence-electron chi connectivity index (χ4n) is 4.27. The van der Waals surface area contributed by atoms with Gasteiger partial charge in [-0.05, 0) is 31.0 Å². The van der Waals surface area contributed by atoms with E-state index in [4.69, 9.17) is 10.7 Å². The van der Waals surface area contributed by atoms with Gasteiger partial charge in [-0.25, -0.2) is 4.98 Å². The van der Waals surface area contributed by atoms with Gasteiger partial charge in [0, 0.05) is 12.0 Å². The molecule has 0 atom stereocenters. The quantitative estimate of drug-likeness (QED) is 0.591. The van der Waals surface area contributed by atoms with Crippen LogP contribution in [0.1, 0.15) is 64.6 Å². The summed E-state index contributed by atoms with van der Waals surface area (Å²) < 4.78 is 1.25. The molecule has 2 amide bonds. The fourth-order valence-corrected chi connectivity index (χ4v) is 4.27. The first-order chi connectivity index (χ1) is 13.5. The Kier molecular flexibility index (Phi) is 3.61. The second kappa shape index (κ2) is 6.05. The van der Waals surface area contributed by atoms with Gasteiger partial charge < -0.3 is 10.7 Å². The first-order valence-corrected chi connectivity index (χ1v) is 9.44. The van der Waals surface area contributed by atoms with Crippen molar-refractivity contribution in [3.05, 3.63) is 51.6 Å². The Morgan fingerprint density at radius 3 is 2.61 bits per heavy atom. The summed E-state index contributed by atoms with van der Waals surface area (Å²) in [5, 5.41) is 2.17. The van der Waals surface area contributed by atoms with Crippen LogP contribution < -0.4 is 16.6 Å². The number of rotatable bonds is 2. The van der Waals surface area contributed by atoms with E-state index in [1.165, 1.54) is 23.8 Å². The van der Waals surface area contributed by atoms with Gasteiger partial charge in [0.25, 0.3) is 17.4 Å². The van der Waals surface area contributed by atoms with Gasteiger partial charge in [0.2, 0.25) is 0 Å². The largest absolute Gasteiger partial charge is 0.384 e. The van der Waals surface area contributed by atoms with E-state index >= 15 is 0 Å². The molecule has 3 heterocycles. The van der Waals surface area contributed by atoms with Crippen molar-refractivity contribution in [2.45, 2.75) is 38.0 Å². The highest BCUT2D eigenvalue weighted by molar-refractivity contribution is 6.23. The highest BCUT2D eigenvalue weighted by Crippen LogP contribution is 2.32. The standard InChI is InChI=1S/C20H19N5O3/c21-17-16-12(19(27)24-20(16)28)9-15(26)25(17)11-6-7-13-14(8-11)23-18(22-13)10-4-2-1-3-5-10/h6-10H,1-5,21H2,(H,22,23)(H,24,27,28). The van der Waals surface area contributed by atoms with Crippen LogP contribution in [0.2, 0.25) is 0 Å². The second-order valence-electron chi connectivity index (χ2n) is 7.43. The average molecular weight is 377 g/mol. The molecule has 8 nitrogen and oxygen atoms in total. The third-order valence-electron chi connectivity index (χ3n) is 5.69. The number of benzene rings is 1. The molecule has 142 valence electrons. The molecular formula is C20H19N5O3. The summed E-state index contributed by atoms with van der Waals surface area (Å²) in [5.41, 5.74) is 7.86. The van der Waals surface area contributed by atoms with E-state index in [9.17, 15) is 14.4 Å². The van der Waals surface area contributed by atoms with Crippen molar-refractivity contribution in [3.63, 3.8) is 0 Å². The Morgan fingerprint density at radius 1 is 1.04 bits per heavy atom. The molecule has 0 spiro atoms. The van der Waals surface area contributed by atoms with Crippen LogP contribution in [0.15, 0.2) is 29.1 Å². The summed E-state index contributed by atoms with van der Waals surface area (Å²) >= 11 is 0. The number of carbonyl (C=O) groups is 2. The molecule has 0 radical (unpaired) electrons. The van der Waals surface area contributed by atoms with E-state index in [1.807, 2.05) is 6.07 Å². The zero-order valence-electron chi connectivity index (χ0n) is 15.1. The van der Waals surface area contributed by atoms with Crippen molar-refractivity contribution in [1.82, 2.24) is 19.9 Å². The van der Waals surface area contributed by atoms with Gasteiger partial charge in [-0.2, -0.15) is 0 Å². The Balaban J connectivity index is 1.62. The fraction of sp³-hybridized carbons (Fsp3) is 0.300. The van der Waals surface area contributed by atoms with Crippen LogP contribution in [-0.2, 0) is 0 Å². The molecule has 1 aliphatic carbocycles. The molecule has 0 bridgehead atoms. The number of hydrogen-bond acceptors (Lipinski definition) is 5. The van der Waals surface area contributed by atoms with Crippen molar-refractivity contribution in [1.29, 1.82) is 0 Å². The van der Waals surface area contributed by atoms with Crippen LogP contribution in [0.3, 0.4) is 0 Å². The number of nitrogens with zero attached hydrogens (tertiary/aromatic N) is 2. The first kappa shape index (κ1) is 16.7. The maximum absolute atomic E-state index is 12.6. The van der Waals surface area contributed by atoms with Crippen LogP contribution in [0.5, 0.6) is 0 Å². The summed E-state index contributed by atoms with van der Waals surface area (Å²) in [6, 6.07) is 6.52. The number of amides is 2. The van der Waals surface area contributed by atoms with E-state index in [0.717, 1.165) is 35.8 Å². The summed E-state index contributed by atoms with van der Waals surface area (Å²) in [6.45, 7) is 0. The Hall–Kier alpha value is -3.42. The third kappa shape index (κ3) is 2.45. The van der Waals surface area contributed by atoms with Gasteiger partial charge in [-0.1, -0.05) is 19.3 Å². The SMILES string of the molecule is Nc1c2c(cc(=O)n1-c1ccc3nc(C4CCCCC4)[nH]c3c1)C(=O)NC2=O. The van der Waals surface area contributed by atoms with Crippen LogP contribution >= 0.6 is 0 Å². The Bertz CT molecular complexity index is 1200. The number of aromatic nitrogens is 3. The normalized spacial score (nSPS) is 17.1. The molecular weight excluding hydrogens is 358 g/mol. The summed E-state index contributed by atoms with van der Waals surface area (Å²) in [6.07, 6.45) is 5.97. The van der Waals surface area contributed by atoms with E-state index in [2.05, 4.69) is 10.3 Å². The maximum atomic E-state index is 12.6. The van der Waals surface area contributed by atoms with Crippen LogP contribution in [0.25, 0.3) is 16.7 Å². The zero-order chi connectivity index (χ0) is 19.4. The number of nitrogens with one attached hydrogen (secondary N) is 2. The molecule has 8 heteroatoms. The Morgan fingerprint density at radius 2 is 1.82 bits per heavy atom. The van der Waals surface area contributed by atoms with Gasteiger partial charge >= 0.3 is 0 Å². The molecule has 1 aromatic carbocycles. The number of nitrogens with two attached hydrogens (primary N) is 1. The molecule has 1 fully saturated rings. The predicted octanol–water partition coefficient (Wildman–Crippen LogP) is 2.23. The maximum Gasteiger partial charge on any atom is 0.262 e. The smallest absolute Gasteiger partial charge is 0.262 e. The topological polar surface area (TPSA) is 123 Å². The number of anilines is 1. The molecule has 3 aromatic rings. The van der Waals surface area contributed by atoms with Crippen molar-refractivity contribution < 1.29 is 9.59 Å². The second-order valence-corrected chi connectivity index (χ2v) is 7.43. The summed E-state index contributed by atoms with van der Waals surface area (Å²) in [5.74, 6) is 0.181. The van der Waals surface area contributed by atoms with Gasteiger partial charge in [-0.3, -0.25) is 24.3 Å². The van der Waals surface area contributed by atoms with Crippen molar-refractivity contribution in [2.24, 2.45) is 0 Å². The molecule has 0 unspecified atom stereocenters. The lowest BCUT2D eigenvalue weighted by Gasteiger charge is -2.18. The monoisotopic (exact) mass is 377 g/mol. The third-order valence-corrected chi connectivity index (χ3v) is 5.69. The van der Waals surface area contributed by atoms with E-state index in [-0.39, 0.29) is 16.9 Å². The minimum absolute atomic E-state index is 0.0194. The van der Waals surface area contributed by atoms with E-state index in [0.29, 0.717) is 11.6 Å². The number of fused-ring (bicyclic) bond motifs is 2. The molecule has 1 saturated carbocycles. The molecule has 1 aliphatic heterocycles. The lowest BCUT2D eigenvalue weighted by molar-refractivity contribution is 0.0880.